The maximum atomic E-state index is 13.7. The van der Waals surface area contributed by atoms with Gasteiger partial charge in [0.05, 0.1) is 11.3 Å². The Bertz CT molecular complexity index is 1100. The highest BCUT2D eigenvalue weighted by molar-refractivity contribution is 6.45. The Hall–Kier alpha value is -3.66. The number of imide groups is 1. The first-order valence-electron chi connectivity index (χ1n) is 10.7. The van der Waals surface area contributed by atoms with Crippen LogP contribution >= 0.6 is 0 Å². The lowest BCUT2D eigenvalue weighted by atomic mass is 10.0. The van der Waals surface area contributed by atoms with E-state index in [9.17, 15) is 9.59 Å². The van der Waals surface area contributed by atoms with E-state index in [2.05, 4.69) is 6.92 Å². The Morgan fingerprint density at radius 1 is 0.710 bits per heavy atom. The average molecular weight is 411 g/mol. The number of nitrogens with zero attached hydrogens (tertiary/aromatic N) is 2. The van der Waals surface area contributed by atoms with Gasteiger partial charge >= 0.3 is 0 Å². The van der Waals surface area contributed by atoms with E-state index in [0.29, 0.717) is 30.0 Å². The molecule has 1 aliphatic heterocycles. The molecule has 0 N–H and O–H groups in total. The number of carbonyl (C=O) groups excluding carboxylic acids is 2. The van der Waals surface area contributed by atoms with Crippen LogP contribution in [-0.2, 0) is 22.6 Å². The molecular formula is C27H26N2O2. The molecule has 4 nitrogen and oxygen atoms in total. The Morgan fingerprint density at radius 3 is 1.90 bits per heavy atom. The second-order valence-corrected chi connectivity index (χ2v) is 7.56. The van der Waals surface area contributed by atoms with E-state index in [0.717, 1.165) is 17.5 Å². The summed E-state index contributed by atoms with van der Waals surface area (Å²) in [7, 11) is 0. The average Bonchev–Trinajstić information content (AvgIpc) is 3.08. The molecule has 31 heavy (non-hydrogen) atoms. The van der Waals surface area contributed by atoms with E-state index < -0.39 is 0 Å². The van der Waals surface area contributed by atoms with Gasteiger partial charge in [0.1, 0.15) is 5.70 Å². The van der Waals surface area contributed by atoms with Crippen molar-refractivity contribution in [1.82, 2.24) is 4.90 Å². The summed E-state index contributed by atoms with van der Waals surface area (Å²) in [5.41, 5.74) is 4.54. The van der Waals surface area contributed by atoms with Crippen molar-refractivity contribution in [3.05, 3.63) is 107 Å². The Morgan fingerprint density at radius 2 is 1.32 bits per heavy atom. The molecule has 0 aromatic heterocycles. The van der Waals surface area contributed by atoms with Gasteiger partial charge in [-0.3, -0.25) is 9.59 Å². The summed E-state index contributed by atoms with van der Waals surface area (Å²) in [5.74, 6) is -0.548. The molecule has 4 rings (SSSR count). The molecule has 3 aromatic carbocycles. The number of amides is 2. The molecule has 0 atom stereocenters. The summed E-state index contributed by atoms with van der Waals surface area (Å²) >= 11 is 0. The minimum Gasteiger partial charge on any atom is -0.362 e. The van der Waals surface area contributed by atoms with Gasteiger partial charge in [-0.05, 0) is 42.2 Å². The molecule has 0 fully saturated rings. The first-order chi connectivity index (χ1) is 15.1. The van der Waals surface area contributed by atoms with Crippen molar-refractivity contribution in [3.63, 3.8) is 0 Å². The monoisotopic (exact) mass is 410 g/mol. The number of rotatable bonds is 7. The van der Waals surface area contributed by atoms with Crippen LogP contribution in [-0.4, -0.2) is 23.3 Å². The van der Waals surface area contributed by atoms with Crippen molar-refractivity contribution in [2.75, 3.05) is 11.4 Å². The van der Waals surface area contributed by atoms with Gasteiger partial charge in [-0.15, -0.1) is 0 Å². The predicted molar refractivity (Wildman–Crippen MR) is 124 cm³/mol. The van der Waals surface area contributed by atoms with Crippen molar-refractivity contribution in [1.29, 1.82) is 0 Å². The van der Waals surface area contributed by atoms with E-state index >= 15 is 0 Å². The van der Waals surface area contributed by atoms with Crippen molar-refractivity contribution in [3.8, 4) is 0 Å². The molecule has 0 saturated heterocycles. The fraction of sp³-hybridized carbons (Fsp3) is 0.185. The molecule has 0 radical (unpaired) electrons. The molecule has 0 saturated carbocycles. The number of hydrogen-bond donors (Lipinski definition) is 0. The number of hydrogen-bond acceptors (Lipinski definition) is 3. The molecule has 1 aliphatic rings. The van der Waals surface area contributed by atoms with E-state index in [1.165, 1.54) is 10.5 Å². The van der Waals surface area contributed by atoms with Crippen LogP contribution in [0.25, 0.3) is 5.57 Å². The van der Waals surface area contributed by atoms with Crippen LogP contribution in [0.15, 0.2) is 90.6 Å². The highest BCUT2D eigenvalue weighted by Crippen LogP contribution is 2.35. The highest BCUT2D eigenvalue weighted by atomic mass is 16.2. The number of likely N-dealkylation sites (N-methyl/N-ethyl adjacent to an activating group) is 1. The lowest BCUT2D eigenvalue weighted by molar-refractivity contribution is -0.120. The van der Waals surface area contributed by atoms with Crippen molar-refractivity contribution in [2.24, 2.45) is 0 Å². The van der Waals surface area contributed by atoms with Gasteiger partial charge in [0.15, 0.2) is 0 Å². The molecule has 0 aliphatic carbocycles. The maximum absolute atomic E-state index is 13.7. The van der Waals surface area contributed by atoms with Crippen LogP contribution in [0.5, 0.6) is 0 Å². The van der Waals surface area contributed by atoms with Gasteiger partial charge in [-0.1, -0.05) is 79.7 Å². The smallest absolute Gasteiger partial charge is 0.282 e. The minimum atomic E-state index is -0.276. The summed E-state index contributed by atoms with van der Waals surface area (Å²) in [6.07, 6.45) is 0.904. The normalized spacial score (nSPS) is 13.8. The summed E-state index contributed by atoms with van der Waals surface area (Å²) in [4.78, 5) is 30.5. The standard InChI is InChI=1S/C27H26N2O2/c1-3-20-15-17-23(18-16-20)29-26(30)24(22-13-9-6-10-14-22)25(27(29)31)28(4-2)19-21-11-7-5-8-12-21/h5-18H,3-4,19H2,1-2H3. The van der Waals surface area contributed by atoms with Crippen molar-refractivity contribution >= 4 is 23.1 Å². The van der Waals surface area contributed by atoms with Crippen molar-refractivity contribution < 1.29 is 9.59 Å². The Labute approximate surface area is 183 Å². The number of benzene rings is 3. The topological polar surface area (TPSA) is 40.6 Å². The number of aryl methyl sites for hydroxylation is 1. The first kappa shape index (κ1) is 20.6. The summed E-state index contributed by atoms with van der Waals surface area (Å²) in [5, 5.41) is 0. The molecule has 3 aromatic rings. The molecule has 4 heteroatoms. The molecule has 1 heterocycles. The van der Waals surface area contributed by atoms with Gasteiger partial charge in [0, 0.05) is 13.1 Å². The van der Waals surface area contributed by atoms with Crippen molar-refractivity contribution in [2.45, 2.75) is 26.8 Å². The molecule has 0 bridgehead atoms. The fourth-order valence-corrected chi connectivity index (χ4v) is 3.94. The molecular weight excluding hydrogens is 384 g/mol. The lowest BCUT2D eigenvalue weighted by Crippen LogP contribution is -2.35. The summed E-state index contributed by atoms with van der Waals surface area (Å²) in [6.45, 7) is 5.26. The zero-order valence-corrected chi connectivity index (χ0v) is 17.9. The minimum absolute atomic E-state index is 0.272. The Balaban J connectivity index is 1.79. The third-order valence-corrected chi connectivity index (χ3v) is 5.64. The van der Waals surface area contributed by atoms with Crippen LogP contribution in [0.4, 0.5) is 5.69 Å². The highest BCUT2D eigenvalue weighted by Gasteiger charge is 2.42. The summed E-state index contributed by atoms with van der Waals surface area (Å²) < 4.78 is 0. The number of carbonyl (C=O) groups is 2. The van der Waals surface area contributed by atoms with Crippen LogP contribution in [0.2, 0.25) is 0 Å². The van der Waals surface area contributed by atoms with Crippen LogP contribution in [0.1, 0.15) is 30.5 Å². The maximum Gasteiger partial charge on any atom is 0.282 e. The van der Waals surface area contributed by atoms with E-state index in [1.807, 2.05) is 96.8 Å². The van der Waals surface area contributed by atoms with Gasteiger partial charge in [-0.25, -0.2) is 4.90 Å². The van der Waals surface area contributed by atoms with Gasteiger partial charge < -0.3 is 4.90 Å². The van der Waals surface area contributed by atoms with Gasteiger partial charge in [0.2, 0.25) is 0 Å². The largest absolute Gasteiger partial charge is 0.362 e. The van der Waals surface area contributed by atoms with Crippen LogP contribution in [0, 0.1) is 0 Å². The quantitative estimate of drug-likeness (QED) is 0.512. The predicted octanol–water partition coefficient (Wildman–Crippen LogP) is 5.06. The number of anilines is 1. The molecule has 156 valence electrons. The zero-order valence-electron chi connectivity index (χ0n) is 17.9. The third kappa shape index (κ3) is 4.02. The van der Waals surface area contributed by atoms with Crippen LogP contribution < -0.4 is 4.90 Å². The van der Waals surface area contributed by atoms with E-state index in [4.69, 9.17) is 0 Å². The lowest BCUT2D eigenvalue weighted by Gasteiger charge is -2.25. The van der Waals surface area contributed by atoms with Gasteiger partial charge in [-0.2, -0.15) is 0 Å². The van der Waals surface area contributed by atoms with Crippen LogP contribution in [0.3, 0.4) is 0 Å². The SMILES string of the molecule is CCc1ccc(N2C(=O)C(c3ccccc3)=C(N(CC)Cc3ccccc3)C2=O)cc1. The second kappa shape index (κ2) is 9.00. The Kier molecular flexibility index (Phi) is 5.99. The summed E-state index contributed by atoms with van der Waals surface area (Å²) in [6, 6.07) is 27.1. The second-order valence-electron chi connectivity index (χ2n) is 7.56. The third-order valence-electron chi connectivity index (χ3n) is 5.64. The zero-order chi connectivity index (χ0) is 21.8. The van der Waals surface area contributed by atoms with E-state index in [1.54, 1.807) is 0 Å². The van der Waals surface area contributed by atoms with E-state index in [-0.39, 0.29) is 11.8 Å². The molecule has 2 amide bonds. The first-order valence-corrected chi connectivity index (χ1v) is 10.7. The molecule has 0 spiro atoms. The van der Waals surface area contributed by atoms with Gasteiger partial charge in [0.25, 0.3) is 11.8 Å². The molecule has 0 unspecified atom stereocenters. The fourth-order valence-electron chi connectivity index (χ4n) is 3.94.